The summed E-state index contributed by atoms with van der Waals surface area (Å²) in [5.41, 5.74) is 1.55. The molecule has 1 aliphatic carbocycles. The van der Waals surface area contributed by atoms with Gasteiger partial charge < -0.3 is 10.1 Å². The van der Waals surface area contributed by atoms with Gasteiger partial charge in [-0.25, -0.2) is 4.79 Å². The minimum atomic E-state index is -0.647. The topological polar surface area (TPSA) is 84.5 Å². The molecule has 152 valence electrons. The van der Waals surface area contributed by atoms with Crippen molar-refractivity contribution in [2.75, 3.05) is 6.61 Å². The highest BCUT2D eigenvalue weighted by molar-refractivity contribution is 5.96. The number of hydrogen-bond acceptors (Lipinski definition) is 4. The van der Waals surface area contributed by atoms with Crippen LogP contribution in [0.15, 0.2) is 60.7 Å². The largest absolute Gasteiger partial charge is 0.455 e. The fourth-order valence-electron chi connectivity index (χ4n) is 3.61. The van der Waals surface area contributed by atoms with Gasteiger partial charge in [-0.05, 0) is 24.0 Å². The fraction of sp³-hybridized carbons (Fsp3) is 0.348. The van der Waals surface area contributed by atoms with E-state index in [1.54, 1.807) is 0 Å². The molecule has 0 atom stereocenters. The second-order valence-electron chi connectivity index (χ2n) is 7.22. The van der Waals surface area contributed by atoms with Crippen LogP contribution in [0, 0.1) is 0 Å². The van der Waals surface area contributed by atoms with Crippen LogP contribution in [0.1, 0.15) is 49.1 Å². The first-order valence-electron chi connectivity index (χ1n) is 10.0. The maximum Gasteiger partial charge on any atom is 0.321 e. The van der Waals surface area contributed by atoms with Gasteiger partial charge >= 0.3 is 12.0 Å². The molecule has 1 fully saturated rings. The number of esters is 1. The van der Waals surface area contributed by atoms with Gasteiger partial charge in [-0.1, -0.05) is 79.9 Å². The number of amides is 3. The van der Waals surface area contributed by atoms with E-state index < -0.39 is 30.4 Å². The third-order valence-corrected chi connectivity index (χ3v) is 5.04. The van der Waals surface area contributed by atoms with Crippen LogP contribution in [0.2, 0.25) is 0 Å². The molecule has 29 heavy (non-hydrogen) atoms. The van der Waals surface area contributed by atoms with E-state index in [1.165, 1.54) is 6.42 Å². The Balaban J connectivity index is 1.55. The summed E-state index contributed by atoms with van der Waals surface area (Å²) in [6.07, 6.45) is 5.19. The molecule has 3 amide bonds. The molecule has 0 aliphatic heterocycles. The average molecular weight is 394 g/mol. The number of ether oxygens (including phenoxy) is 1. The van der Waals surface area contributed by atoms with Crippen LogP contribution in [-0.2, 0) is 14.3 Å². The summed E-state index contributed by atoms with van der Waals surface area (Å²) in [7, 11) is 0. The molecule has 0 bridgehead atoms. The zero-order valence-corrected chi connectivity index (χ0v) is 16.3. The van der Waals surface area contributed by atoms with Crippen molar-refractivity contribution in [1.29, 1.82) is 0 Å². The van der Waals surface area contributed by atoms with Crippen LogP contribution in [0.3, 0.4) is 0 Å². The SMILES string of the molecule is O=C(COC(=O)C(c1ccccc1)c1ccccc1)NC(=O)NC1CCCCC1. The zero-order valence-electron chi connectivity index (χ0n) is 16.3. The predicted molar refractivity (Wildman–Crippen MR) is 109 cm³/mol. The highest BCUT2D eigenvalue weighted by Gasteiger charge is 2.25. The number of carbonyl (C=O) groups excluding carboxylic acids is 3. The van der Waals surface area contributed by atoms with Crippen LogP contribution in [0.4, 0.5) is 4.79 Å². The summed E-state index contributed by atoms with van der Waals surface area (Å²) in [6, 6.07) is 18.1. The lowest BCUT2D eigenvalue weighted by Gasteiger charge is -2.22. The Morgan fingerprint density at radius 3 is 1.97 bits per heavy atom. The van der Waals surface area contributed by atoms with Gasteiger partial charge in [0.05, 0.1) is 0 Å². The van der Waals surface area contributed by atoms with Crippen molar-refractivity contribution < 1.29 is 19.1 Å². The first-order chi connectivity index (χ1) is 14.1. The number of hydrogen-bond donors (Lipinski definition) is 2. The van der Waals surface area contributed by atoms with Crippen LogP contribution in [-0.4, -0.2) is 30.6 Å². The monoisotopic (exact) mass is 394 g/mol. The summed E-state index contributed by atoms with van der Waals surface area (Å²) >= 11 is 0. The second-order valence-corrected chi connectivity index (χ2v) is 7.22. The Morgan fingerprint density at radius 1 is 0.862 bits per heavy atom. The minimum absolute atomic E-state index is 0.0969. The molecule has 0 unspecified atom stereocenters. The minimum Gasteiger partial charge on any atom is -0.455 e. The number of carbonyl (C=O) groups is 3. The van der Waals surface area contributed by atoms with Crippen molar-refractivity contribution in [3.8, 4) is 0 Å². The normalized spacial score (nSPS) is 14.2. The van der Waals surface area contributed by atoms with E-state index in [0.717, 1.165) is 36.8 Å². The molecular formula is C23H26N2O4. The lowest BCUT2D eigenvalue weighted by Crippen LogP contribution is -2.46. The van der Waals surface area contributed by atoms with Crippen LogP contribution in [0.25, 0.3) is 0 Å². The molecule has 6 nitrogen and oxygen atoms in total. The van der Waals surface area contributed by atoms with Crippen LogP contribution >= 0.6 is 0 Å². The van der Waals surface area contributed by atoms with E-state index in [9.17, 15) is 14.4 Å². The van der Waals surface area contributed by atoms with Crippen LogP contribution < -0.4 is 10.6 Å². The first-order valence-corrected chi connectivity index (χ1v) is 10.0. The average Bonchev–Trinajstić information content (AvgIpc) is 2.75. The standard InChI is InChI=1S/C23H26N2O4/c26-20(25-23(28)24-19-14-8-3-9-15-19)16-29-22(27)21(17-10-4-1-5-11-17)18-12-6-2-7-13-18/h1-2,4-7,10-13,19,21H,3,8-9,14-16H2,(H2,24,25,26,28). The third-order valence-electron chi connectivity index (χ3n) is 5.04. The highest BCUT2D eigenvalue weighted by atomic mass is 16.5. The summed E-state index contributed by atoms with van der Waals surface area (Å²) in [4.78, 5) is 36.8. The molecule has 3 rings (SSSR count). The molecule has 2 aromatic rings. The van der Waals surface area contributed by atoms with E-state index in [0.29, 0.717) is 0 Å². The van der Waals surface area contributed by atoms with Crippen molar-refractivity contribution in [2.24, 2.45) is 0 Å². The van der Waals surface area contributed by atoms with E-state index >= 15 is 0 Å². The molecule has 2 N–H and O–H groups in total. The molecule has 0 radical (unpaired) electrons. The number of imide groups is 1. The zero-order chi connectivity index (χ0) is 20.5. The van der Waals surface area contributed by atoms with E-state index in [4.69, 9.17) is 4.74 Å². The van der Waals surface area contributed by atoms with Gasteiger partial charge in [-0.2, -0.15) is 0 Å². The van der Waals surface area contributed by atoms with Gasteiger partial charge in [0.25, 0.3) is 5.91 Å². The fourth-order valence-corrected chi connectivity index (χ4v) is 3.61. The van der Waals surface area contributed by atoms with Gasteiger partial charge in [-0.15, -0.1) is 0 Å². The van der Waals surface area contributed by atoms with Crippen molar-refractivity contribution in [3.05, 3.63) is 71.8 Å². The molecule has 2 aromatic carbocycles. The second kappa shape index (κ2) is 10.4. The van der Waals surface area contributed by atoms with Crippen molar-refractivity contribution >= 4 is 17.9 Å². The van der Waals surface area contributed by atoms with Crippen molar-refractivity contribution in [1.82, 2.24) is 10.6 Å². The molecular weight excluding hydrogens is 368 g/mol. The Labute approximate surface area is 170 Å². The summed E-state index contributed by atoms with van der Waals surface area (Å²) in [5.74, 6) is -1.82. The maximum atomic E-state index is 12.7. The number of nitrogens with one attached hydrogen (secondary N) is 2. The summed E-state index contributed by atoms with van der Waals surface area (Å²) in [5, 5.41) is 5.04. The third kappa shape index (κ3) is 6.17. The molecule has 0 aromatic heterocycles. The Bertz CT molecular complexity index is 778. The molecule has 0 saturated heterocycles. The highest BCUT2D eigenvalue weighted by Crippen LogP contribution is 2.25. The predicted octanol–water partition coefficient (Wildman–Crippen LogP) is 3.52. The van der Waals surface area contributed by atoms with Crippen LogP contribution in [0.5, 0.6) is 0 Å². The Kier molecular flexibility index (Phi) is 7.39. The van der Waals surface area contributed by atoms with Crippen molar-refractivity contribution in [2.45, 2.75) is 44.1 Å². The Hall–Kier alpha value is -3.15. The molecule has 0 heterocycles. The first kappa shape index (κ1) is 20.6. The van der Waals surface area contributed by atoms with E-state index in [-0.39, 0.29) is 6.04 Å². The number of rotatable bonds is 6. The molecule has 6 heteroatoms. The number of urea groups is 1. The van der Waals surface area contributed by atoms with Crippen molar-refractivity contribution in [3.63, 3.8) is 0 Å². The lowest BCUT2D eigenvalue weighted by molar-refractivity contribution is -0.148. The molecule has 0 spiro atoms. The quantitative estimate of drug-likeness (QED) is 0.734. The van der Waals surface area contributed by atoms with Gasteiger partial charge in [0.1, 0.15) is 5.92 Å². The number of benzene rings is 2. The summed E-state index contributed by atoms with van der Waals surface area (Å²) in [6.45, 7) is -0.507. The van der Waals surface area contributed by atoms with Gasteiger partial charge in [0.15, 0.2) is 6.61 Å². The van der Waals surface area contributed by atoms with Gasteiger partial charge in [-0.3, -0.25) is 14.9 Å². The molecule has 1 aliphatic rings. The van der Waals surface area contributed by atoms with Gasteiger partial charge in [0.2, 0.25) is 0 Å². The Morgan fingerprint density at radius 2 is 1.41 bits per heavy atom. The smallest absolute Gasteiger partial charge is 0.321 e. The molecule has 1 saturated carbocycles. The van der Waals surface area contributed by atoms with E-state index in [2.05, 4.69) is 10.6 Å². The summed E-state index contributed by atoms with van der Waals surface area (Å²) < 4.78 is 5.23. The maximum absolute atomic E-state index is 12.7. The lowest BCUT2D eigenvalue weighted by atomic mass is 9.91. The van der Waals surface area contributed by atoms with E-state index in [1.807, 2.05) is 60.7 Å². The van der Waals surface area contributed by atoms with Gasteiger partial charge in [0, 0.05) is 6.04 Å².